The number of aromatic carboxylic acids is 1. The van der Waals surface area contributed by atoms with Crippen molar-refractivity contribution in [3.05, 3.63) is 30.0 Å². The number of aromatic amines is 1. The van der Waals surface area contributed by atoms with Crippen LogP contribution in [0.1, 0.15) is 30.8 Å². The highest BCUT2D eigenvalue weighted by molar-refractivity contribution is 5.94. The van der Waals surface area contributed by atoms with Gasteiger partial charge in [0.1, 0.15) is 17.5 Å². The van der Waals surface area contributed by atoms with Gasteiger partial charge in [-0.05, 0) is 44.5 Å². The second kappa shape index (κ2) is 5.41. The molecule has 1 aromatic carbocycles. The smallest absolute Gasteiger partial charge is 0.352 e. The van der Waals surface area contributed by atoms with Gasteiger partial charge < -0.3 is 14.8 Å². The van der Waals surface area contributed by atoms with Crippen molar-refractivity contribution in [3.63, 3.8) is 0 Å². The molecule has 0 unspecified atom stereocenters. The molecule has 0 radical (unpaired) electrons. The van der Waals surface area contributed by atoms with E-state index in [9.17, 15) is 4.79 Å². The number of benzene rings is 1. The van der Waals surface area contributed by atoms with Gasteiger partial charge in [-0.15, -0.1) is 0 Å². The number of aromatic nitrogens is 1. The first kappa shape index (κ1) is 13.9. The number of carboxylic acid groups (broad SMARTS) is 1. The Morgan fingerprint density at radius 1 is 1.43 bits per heavy atom. The zero-order chi connectivity index (χ0) is 15.0. The summed E-state index contributed by atoms with van der Waals surface area (Å²) in [5, 5.41) is 9.86. The van der Waals surface area contributed by atoms with E-state index in [0.717, 1.165) is 36.2 Å². The summed E-state index contributed by atoms with van der Waals surface area (Å²) in [5.74, 6) is -0.147. The molecule has 1 saturated heterocycles. The Bertz CT molecular complexity index is 663. The van der Waals surface area contributed by atoms with Crippen molar-refractivity contribution in [1.82, 2.24) is 9.88 Å². The fourth-order valence-electron chi connectivity index (χ4n) is 2.81. The lowest BCUT2D eigenvalue weighted by molar-refractivity contribution is 0.0691. The van der Waals surface area contributed by atoms with E-state index >= 15 is 0 Å². The molecule has 2 aromatic rings. The standard InChI is InChI=1S/C16H20N2O3/c1-10(2)18-6-5-13(9-18)21-12-3-4-14-11(7-12)8-15(17-14)16(19)20/h3-4,7-8,10,13,17H,5-6,9H2,1-2H3,(H,19,20)/t13-/m0/s1. The zero-order valence-corrected chi connectivity index (χ0v) is 12.3. The third-order valence-electron chi connectivity index (χ3n) is 4.03. The van der Waals surface area contributed by atoms with Crippen LogP contribution in [0, 0.1) is 0 Å². The van der Waals surface area contributed by atoms with Gasteiger partial charge in [0.15, 0.2) is 0 Å². The Labute approximate surface area is 123 Å². The van der Waals surface area contributed by atoms with Gasteiger partial charge in [0.2, 0.25) is 0 Å². The summed E-state index contributed by atoms with van der Waals surface area (Å²) in [6, 6.07) is 7.84. The van der Waals surface area contributed by atoms with Crippen molar-refractivity contribution in [2.24, 2.45) is 0 Å². The van der Waals surface area contributed by atoms with Crippen molar-refractivity contribution in [1.29, 1.82) is 0 Å². The van der Waals surface area contributed by atoms with Crippen LogP contribution in [0.4, 0.5) is 0 Å². The lowest BCUT2D eigenvalue weighted by atomic mass is 10.2. The number of carboxylic acids is 1. The summed E-state index contributed by atoms with van der Waals surface area (Å²) in [5.41, 5.74) is 1.02. The number of carbonyl (C=O) groups is 1. The van der Waals surface area contributed by atoms with E-state index in [1.807, 2.05) is 18.2 Å². The second-order valence-corrected chi connectivity index (χ2v) is 5.85. The van der Waals surface area contributed by atoms with Gasteiger partial charge in [0.25, 0.3) is 0 Å². The minimum Gasteiger partial charge on any atom is -0.489 e. The minimum absolute atomic E-state index is 0.203. The monoisotopic (exact) mass is 288 g/mol. The zero-order valence-electron chi connectivity index (χ0n) is 12.3. The fraction of sp³-hybridized carbons (Fsp3) is 0.438. The molecular weight excluding hydrogens is 268 g/mol. The number of likely N-dealkylation sites (tertiary alicyclic amines) is 1. The molecule has 21 heavy (non-hydrogen) atoms. The van der Waals surface area contributed by atoms with Crippen LogP contribution in [0.3, 0.4) is 0 Å². The molecule has 5 nitrogen and oxygen atoms in total. The third kappa shape index (κ3) is 2.88. The van der Waals surface area contributed by atoms with E-state index < -0.39 is 5.97 Å². The lowest BCUT2D eigenvalue weighted by Gasteiger charge is -2.20. The summed E-state index contributed by atoms with van der Waals surface area (Å²) >= 11 is 0. The molecule has 1 atom stereocenters. The molecule has 1 fully saturated rings. The first-order valence-corrected chi connectivity index (χ1v) is 7.29. The predicted octanol–water partition coefficient (Wildman–Crippen LogP) is 2.73. The Morgan fingerprint density at radius 2 is 2.24 bits per heavy atom. The molecule has 1 aliphatic rings. The summed E-state index contributed by atoms with van der Waals surface area (Å²) in [6.45, 7) is 6.41. The van der Waals surface area contributed by atoms with Crippen LogP contribution in [0.15, 0.2) is 24.3 Å². The summed E-state index contributed by atoms with van der Waals surface area (Å²) in [6.07, 6.45) is 1.24. The van der Waals surface area contributed by atoms with E-state index in [2.05, 4.69) is 23.7 Å². The van der Waals surface area contributed by atoms with E-state index in [0.29, 0.717) is 6.04 Å². The normalized spacial score (nSPS) is 19.5. The first-order valence-electron chi connectivity index (χ1n) is 7.29. The van der Waals surface area contributed by atoms with Gasteiger partial charge in [0.05, 0.1) is 0 Å². The Kier molecular flexibility index (Phi) is 3.59. The molecule has 0 aliphatic carbocycles. The van der Waals surface area contributed by atoms with Crippen LogP contribution in [0.25, 0.3) is 10.9 Å². The Hall–Kier alpha value is -2.01. The molecule has 0 amide bonds. The van der Waals surface area contributed by atoms with Gasteiger partial charge in [-0.25, -0.2) is 4.79 Å². The molecule has 2 N–H and O–H groups in total. The number of fused-ring (bicyclic) bond motifs is 1. The summed E-state index contributed by atoms with van der Waals surface area (Å²) < 4.78 is 6.03. The van der Waals surface area contributed by atoms with Crippen LogP contribution in [-0.4, -0.2) is 46.2 Å². The number of hydrogen-bond acceptors (Lipinski definition) is 3. The molecule has 5 heteroatoms. The second-order valence-electron chi connectivity index (χ2n) is 5.85. The van der Waals surface area contributed by atoms with Gasteiger partial charge in [-0.3, -0.25) is 4.90 Å². The molecule has 0 spiro atoms. The van der Waals surface area contributed by atoms with E-state index in [-0.39, 0.29) is 11.8 Å². The average Bonchev–Trinajstić information content (AvgIpc) is 3.04. The maximum atomic E-state index is 11.0. The maximum Gasteiger partial charge on any atom is 0.352 e. The van der Waals surface area contributed by atoms with E-state index in [4.69, 9.17) is 9.84 Å². The molecule has 0 bridgehead atoms. The van der Waals surface area contributed by atoms with Crippen molar-refractivity contribution in [2.45, 2.75) is 32.4 Å². The molecule has 1 aliphatic heterocycles. The van der Waals surface area contributed by atoms with Crippen LogP contribution in [0.5, 0.6) is 5.75 Å². The topological polar surface area (TPSA) is 65.6 Å². The molecule has 2 heterocycles. The molecule has 0 saturated carbocycles. The van der Waals surface area contributed by atoms with Gasteiger partial charge >= 0.3 is 5.97 Å². The lowest BCUT2D eigenvalue weighted by Crippen LogP contribution is -2.30. The maximum absolute atomic E-state index is 11.0. The van der Waals surface area contributed by atoms with Crippen LogP contribution in [0.2, 0.25) is 0 Å². The number of H-pyrrole nitrogens is 1. The fourth-order valence-corrected chi connectivity index (χ4v) is 2.81. The van der Waals surface area contributed by atoms with Gasteiger partial charge in [0, 0.05) is 30.0 Å². The number of hydrogen-bond donors (Lipinski definition) is 2. The van der Waals surface area contributed by atoms with Gasteiger partial charge in [-0.1, -0.05) is 0 Å². The van der Waals surface area contributed by atoms with Crippen molar-refractivity contribution < 1.29 is 14.6 Å². The molecule has 112 valence electrons. The summed E-state index contributed by atoms with van der Waals surface area (Å²) in [7, 11) is 0. The van der Waals surface area contributed by atoms with Gasteiger partial charge in [-0.2, -0.15) is 0 Å². The van der Waals surface area contributed by atoms with Crippen molar-refractivity contribution >= 4 is 16.9 Å². The van der Waals surface area contributed by atoms with Crippen LogP contribution < -0.4 is 4.74 Å². The van der Waals surface area contributed by atoms with Crippen molar-refractivity contribution in [2.75, 3.05) is 13.1 Å². The highest BCUT2D eigenvalue weighted by Crippen LogP contribution is 2.25. The third-order valence-corrected chi connectivity index (χ3v) is 4.03. The molecular formula is C16H20N2O3. The van der Waals surface area contributed by atoms with E-state index in [1.54, 1.807) is 6.07 Å². The number of nitrogens with one attached hydrogen (secondary N) is 1. The highest BCUT2D eigenvalue weighted by Gasteiger charge is 2.25. The highest BCUT2D eigenvalue weighted by atomic mass is 16.5. The molecule has 3 rings (SSSR count). The minimum atomic E-state index is -0.947. The predicted molar refractivity (Wildman–Crippen MR) is 81.0 cm³/mol. The Morgan fingerprint density at radius 3 is 2.90 bits per heavy atom. The quantitative estimate of drug-likeness (QED) is 0.908. The summed E-state index contributed by atoms with van der Waals surface area (Å²) in [4.78, 5) is 16.2. The van der Waals surface area contributed by atoms with Crippen LogP contribution >= 0.6 is 0 Å². The average molecular weight is 288 g/mol. The number of rotatable bonds is 4. The van der Waals surface area contributed by atoms with E-state index in [1.165, 1.54) is 0 Å². The number of nitrogens with zero attached hydrogens (tertiary/aromatic N) is 1. The largest absolute Gasteiger partial charge is 0.489 e. The first-order chi connectivity index (χ1) is 10.0. The number of ether oxygens (including phenoxy) is 1. The van der Waals surface area contributed by atoms with Crippen LogP contribution in [-0.2, 0) is 0 Å². The SMILES string of the molecule is CC(C)N1CC[C@H](Oc2ccc3[nH]c(C(=O)O)cc3c2)C1. The van der Waals surface area contributed by atoms with Crippen molar-refractivity contribution in [3.8, 4) is 5.75 Å². The Balaban J connectivity index is 1.74. The molecule has 1 aromatic heterocycles.